The van der Waals surface area contributed by atoms with Crippen molar-refractivity contribution in [2.75, 3.05) is 19.7 Å². The van der Waals surface area contributed by atoms with Gasteiger partial charge in [-0.2, -0.15) is 0 Å². The molecule has 1 aliphatic heterocycles. The molecule has 0 aromatic carbocycles. The van der Waals surface area contributed by atoms with Crippen LogP contribution in [0.5, 0.6) is 0 Å². The van der Waals surface area contributed by atoms with Crippen LogP contribution in [0, 0.1) is 11.8 Å². The monoisotopic (exact) mass is 265 g/mol. The zero-order valence-electron chi connectivity index (χ0n) is 10.6. The van der Waals surface area contributed by atoms with Crippen molar-refractivity contribution >= 4 is 11.3 Å². The molecule has 0 aliphatic carbocycles. The van der Waals surface area contributed by atoms with E-state index < -0.39 is 5.60 Å². The van der Waals surface area contributed by atoms with Crippen molar-refractivity contribution in [3.8, 4) is 11.8 Å². The first-order chi connectivity index (χ1) is 8.61. The fourth-order valence-electron chi connectivity index (χ4n) is 2.16. The summed E-state index contributed by atoms with van der Waals surface area (Å²) in [7, 11) is 0. The summed E-state index contributed by atoms with van der Waals surface area (Å²) in [5, 5.41) is 20.7. The zero-order chi connectivity index (χ0) is 13.0. The van der Waals surface area contributed by atoms with Crippen molar-refractivity contribution < 1.29 is 10.2 Å². The van der Waals surface area contributed by atoms with E-state index in [1.54, 1.807) is 11.3 Å². The number of aliphatic hydroxyl groups is 2. The van der Waals surface area contributed by atoms with Gasteiger partial charge in [0.15, 0.2) is 0 Å². The number of hydrogen-bond donors (Lipinski definition) is 2. The van der Waals surface area contributed by atoms with Gasteiger partial charge in [0.2, 0.25) is 0 Å². The van der Waals surface area contributed by atoms with Gasteiger partial charge in [-0.15, -0.1) is 11.3 Å². The lowest BCUT2D eigenvalue weighted by molar-refractivity contribution is 0.0680. The maximum atomic E-state index is 9.94. The highest BCUT2D eigenvalue weighted by molar-refractivity contribution is 7.10. The number of hydrogen-bond acceptors (Lipinski definition) is 4. The third kappa shape index (κ3) is 3.56. The highest BCUT2D eigenvalue weighted by Crippen LogP contribution is 2.25. The predicted octanol–water partition coefficient (Wildman–Crippen LogP) is 1.44. The van der Waals surface area contributed by atoms with E-state index >= 15 is 0 Å². The SMILES string of the molecule is CC1(O)CCN(Cc2sccc2C#CCCO)C1. The molecule has 2 rings (SSSR count). The Morgan fingerprint density at radius 1 is 1.56 bits per heavy atom. The lowest BCUT2D eigenvalue weighted by atomic mass is 10.1. The van der Waals surface area contributed by atoms with Crippen LogP contribution < -0.4 is 0 Å². The highest BCUT2D eigenvalue weighted by atomic mass is 32.1. The van der Waals surface area contributed by atoms with E-state index in [-0.39, 0.29) is 6.61 Å². The molecule has 3 nitrogen and oxygen atoms in total. The van der Waals surface area contributed by atoms with Crippen LogP contribution in [0.15, 0.2) is 11.4 Å². The maximum Gasteiger partial charge on any atom is 0.0758 e. The minimum absolute atomic E-state index is 0.113. The summed E-state index contributed by atoms with van der Waals surface area (Å²) in [5.74, 6) is 6.06. The normalized spacial score (nSPS) is 23.9. The molecule has 4 heteroatoms. The van der Waals surface area contributed by atoms with Gasteiger partial charge < -0.3 is 10.2 Å². The molecular weight excluding hydrogens is 246 g/mol. The minimum atomic E-state index is -0.542. The van der Waals surface area contributed by atoms with Gasteiger partial charge in [0, 0.05) is 36.5 Å². The van der Waals surface area contributed by atoms with Gasteiger partial charge in [-0.05, 0) is 24.8 Å². The maximum absolute atomic E-state index is 9.94. The van der Waals surface area contributed by atoms with E-state index in [0.717, 1.165) is 31.6 Å². The van der Waals surface area contributed by atoms with Gasteiger partial charge in [-0.3, -0.25) is 4.90 Å². The molecule has 0 spiro atoms. The molecular formula is C14H19NO2S. The molecule has 1 aromatic heterocycles. The summed E-state index contributed by atoms with van der Waals surface area (Å²) in [6, 6.07) is 2.03. The summed E-state index contributed by atoms with van der Waals surface area (Å²) in [6.45, 7) is 4.53. The van der Waals surface area contributed by atoms with Crippen molar-refractivity contribution in [1.82, 2.24) is 4.90 Å². The molecule has 0 amide bonds. The number of rotatable bonds is 3. The Morgan fingerprint density at radius 3 is 3.06 bits per heavy atom. The molecule has 0 bridgehead atoms. The smallest absolute Gasteiger partial charge is 0.0758 e. The van der Waals surface area contributed by atoms with Crippen LogP contribution in [0.3, 0.4) is 0 Å². The summed E-state index contributed by atoms with van der Waals surface area (Å²) >= 11 is 1.71. The van der Waals surface area contributed by atoms with E-state index in [1.807, 2.05) is 18.4 Å². The standard InChI is InChI=1S/C14H19NO2S/c1-14(17)6-7-15(11-14)10-13-12(5-9-18-13)4-2-3-8-16/h5,9,16-17H,3,6-8,10-11H2,1H3. The second-order valence-corrected chi connectivity index (χ2v) is 5.99. The fourth-order valence-corrected chi connectivity index (χ4v) is 3.04. The van der Waals surface area contributed by atoms with Gasteiger partial charge in [0.1, 0.15) is 0 Å². The number of nitrogens with zero attached hydrogens (tertiary/aromatic N) is 1. The van der Waals surface area contributed by atoms with Crippen LogP contribution in [-0.4, -0.2) is 40.4 Å². The van der Waals surface area contributed by atoms with Gasteiger partial charge in [-0.25, -0.2) is 0 Å². The van der Waals surface area contributed by atoms with Crippen LogP contribution >= 0.6 is 11.3 Å². The predicted molar refractivity (Wildman–Crippen MR) is 73.4 cm³/mol. The molecule has 0 radical (unpaired) electrons. The molecule has 1 aromatic rings. The lowest BCUT2D eigenvalue weighted by Crippen LogP contribution is -2.29. The Hall–Kier alpha value is -0.860. The molecule has 1 unspecified atom stereocenters. The minimum Gasteiger partial charge on any atom is -0.395 e. The van der Waals surface area contributed by atoms with E-state index in [0.29, 0.717) is 6.42 Å². The molecule has 2 N–H and O–H groups in total. The Bertz CT molecular complexity index is 456. The summed E-state index contributed by atoms with van der Waals surface area (Å²) in [5.41, 5.74) is 0.514. The first-order valence-electron chi connectivity index (χ1n) is 6.21. The Kier molecular flexibility index (Phi) is 4.41. The molecule has 0 saturated carbocycles. The number of likely N-dealkylation sites (tertiary alicyclic amines) is 1. The average Bonchev–Trinajstić information content (AvgIpc) is 2.87. The number of thiophene rings is 1. The summed E-state index contributed by atoms with van der Waals surface area (Å²) < 4.78 is 0. The Morgan fingerprint density at radius 2 is 2.39 bits per heavy atom. The van der Waals surface area contributed by atoms with Crippen molar-refractivity contribution in [1.29, 1.82) is 0 Å². The molecule has 2 heterocycles. The topological polar surface area (TPSA) is 43.7 Å². The number of aliphatic hydroxyl groups excluding tert-OH is 1. The van der Waals surface area contributed by atoms with Crippen LogP contribution in [-0.2, 0) is 6.54 Å². The third-order valence-electron chi connectivity index (χ3n) is 3.10. The van der Waals surface area contributed by atoms with Crippen LogP contribution in [0.1, 0.15) is 30.2 Å². The van der Waals surface area contributed by atoms with Gasteiger partial charge in [0.25, 0.3) is 0 Å². The van der Waals surface area contributed by atoms with E-state index in [4.69, 9.17) is 5.11 Å². The Labute approximate surface area is 112 Å². The van der Waals surface area contributed by atoms with Crippen molar-refractivity contribution in [2.45, 2.75) is 31.9 Å². The second kappa shape index (κ2) is 5.85. The molecule has 1 atom stereocenters. The van der Waals surface area contributed by atoms with Crippen LogP contribution in [0.2, 0.25) is 0 Å². The quantitative estimate of drug-likeness (QED) is 0.813. The van der Waals surface area contributed by atoms with E-state index in [9.17, 15) is 5.11 Å². The van der Waals surface area contributed by atoms with E-state index in [1.165, 1.54) is 4.88 Å². The first-order valence-corrected chi connectivity index (χ1v) is 7.09. The van der Waals surface area contributed by atoms with Crippen LogP contribution in [0.4, 0.5) is 0 Å². The summed E-state index contributed by atoms with van der Waals surface area (Å²) in [6.07, 6.45) is 1.36. The third-order valence-corrected chi connectivity index (χ3v) is 4.01. The van der Waals surface area contributed by atoms with Gasteiger partial charge in [-0.1, -0.05) is 11.8 Å². The fraction of sp³-hybridized carbons (Fsp3) is 0.571. The lowest BCUT2D eigenvalue weighted by Gasteiger charge is -2.18. The molecule has 18 heavy (non-hydrogen) atoms. The molecule has 98 valence electrons. The largest absolute Gasteiger partial charge is 0.395 e. The van der Waals surface area contributed by atoms with Crippen molar-refractivity contribution in [3.05, 3.63) is 21.9 Å². The highest BCUT2D eigenvalue weighted by Gasteiger charge is 2.31. The molecule has 1 fully saturated rings. The van der Waals surface area contributed by atoms with Crippen LogP contribution in [0.25, 0.3) is 0 Å². The van der Waals surface area contributed by atoms with Crippen molar-refractivity contribution in [2.24, 2.45) is 0 Å². The zero-order valence-corrected chi connectivity index (χ0v) is 11.5. The van der Waals surface area contributed by atoms with Crippen molar-refractivity contribution in [3.63, 3.8) is 0 Å². The molecule has 1 saturated heterocycles. The Balaban J connectivity index is 1.99. The number of β-amino-alcohol motifs (C(OH)–C–C–N with tert-alkyl or cyclic N) is 1. The van der Waals surface area contributed by atoms with E-state index in [2.05, 4.69) is 16.7 Å². The molecule has 1 aliphatic rings. The average molecular weight is 265 g/mol. The summed E-state index contributed by atoms with van der Waals surface area (Å²) in [4.78, 5) is 3.52. The van der Waals surface area contributed by atoms with Gasteiger partial charge in [0.05, 0.1) is 12.2 Å². The first kappa shape index (κ1) is 13.6. The van der Waals surface area contributed by atoms with Gasteiger partial charge >= 0.3 is 0 Å². The second-order valence-electron chi connectivity index (χ2n) is 4.99.